The molecule has 1 atom stereocenters. The fourth-order valence-electron chi connectivity index (χ4n) is 2.04. The standard InChI is InChI=1S/C17H20FNO2/c1-11-4-6-15(18)8-14(11)10-21-16-7-5-13(12(2)19)9-17(16)20-3/h4-9,12H,10,19H2,1-3H3. The molecule has 4 heteroatoms. The number of ether oxygens (including phenoxy) is 2. The molecule has 0 spiro atoms. The average molecular weight is 289 g/mol. The second-order valence-electron chi connectivity index (χ2n) is 5.06. The Morgan fingerprint density at radius 2 is 1.90 bits per heavy atom. The van der Waals surface area contributed by atoms with Crippen LogP contribution in [-0.4, -0.2) is 7.11 Å². The van der Waals surface area contributed by atoms with E-state index in [1.807, 2.05) is 32.0 Å². The minimum Gasteiger partial charge on any atom is -0.493 e. The lowest BCUT2D eigenvalue weighted by atomic mass is 10.1. The van der Waals surface area contributed by atoms with Crippen LogP contribution in [0.4, 0.5) is 4.39 Å². The molecule has 112 valence electrons. The lowest BCUT2D eigenvalue weighted by molar-refractivity contribution is 0.283. The SMILES string of the molecule is COc1cc(C(C)N)ccc1OCc1cc(F)ccc1C. The predicted molar refractivity (Wildman–Crippen MR) is 81.1 cm³/mol. The second kappa shape index (κ2) is 6.59. The fraction of sp³-hybridized carbons (Fsp3) is 0.294. The Morgan fingerprint density at radius 3 is 2.57 bits per heavy atom. The smallest absolute Gasteiger partial charge is 0.161 e. The van der Waals surface area contributed by atoms with Gasteiger partial charge in [0.15, 0.2) is 11.5 Å². The molecule has 2 N–H and O–H groups in total. The van der Waals surface area contributed by atoms with Gasteiger partial charge in [0.05, 0.1) is 7.11 Å². The molecule has 0 amide bonds. The molecule has 0 aliphatic rings. The molecular weight excluding hydrogens is 269 g/mol. The van der Waals surface area contributed by atoms with Crippen LogP contribution in [0.5, 0.6) is 11.5 Å². The molecular formula is C17H20FNO2. The van der Waals surface area contributed by atoms with Gasteiger partial charge in [-0.2, -0.15) is 0 Å². The van der Waals surface area contributed by atoms with E-state index in [2.05, 4.69) is 0 Å². The number of methoxy groups -OCH3 is 1. The molecule has 0 heterocycles. The van der Waals surface area contributed by atoms with Crippen molar-refractivity contribution in [3.8, 4) is 11.5 Å². The first kappa shape index (κ1) is 15.3. The molecule has 21 heavy (non-hydrogen) atoms. The number of hydrogen-bond donors (Lipinski definition) is 1. The summed E-state index contributed by atoms with van der Waals surface area (Å²) in [6, 6.07) is 10.2. The van der Waals surface area contributed by atoms with E-state index in [1.54, 1.807) is 13.2 Å². The van der Waals surface area contributed by atoms with Crippen LogP contribution in [0.25, 0.3) is 0 Å². The van der Waals surface area contributed by atoms with Crippen LogP contribution in [0.2, 0.25) is 0 Å². The molecule has 2 rings (SSSR count). The highest BCUT2D eigenvalue weighted by Gasteiger charge is 2.09. The summed E-state index contributed by atoms with van der Waals surface area (Å²) in [5.41, 5.74) is 8.63. The first-order chi connectivity index (χ1) is 10.0. The molecule has 0 radical (unpaired) electrons. The zero-order valence-electron chi connectivity index (χ0n) is 12.5. The van der Waals surface area contributed by atoms with Gasteiger partial charge in [0.2, 0.25) is 0 Å². The summed E-state index contributed by atoms with van der Waals surface area (Å²) in [4.78, 5) is 0. The second-order valence-corrected chi connectivity index (χ2v) is 5.06. The molecule has 2 aromatic rings. The van der Waals surface area contributed by atoms with Gasteiger partial charge in [0.25, 0.3) is 0 Å². The monoisotopic (exact) mass is 289 g/mol. The molecule has 0 saturated carbocycles. The van der Waals surface area contributed by atoms with E-state index < -0.39 is 0 Å². The summed E-state index contributed by atoms with van der Waals surface area (Å²) in [7, 11) is 1.58. The summed E-state index contributed by atoms with van der Waals surface area (Å²) >= 11 is 0. The van der Waals surface area contributed by atoms with Gasteiger partial charge in [0, 0.05) is 6.04 Å². The Hall–Kier alpha value is -2.07. The average Bonchev–Trinajstić information content (AvgIpc) is 2.47. The number of rotatable bonds is 5. The van der Waals surface area contributed by atoms with E-state index in [0.29, 0.717) is 11.5 Å². The van der Waals surface area contributed by atoms with Crippen LogP contribution < -0.4 is 15.2 Å². The van der Waals surface area contributed by atoms with Crippen molar-refractivity contribution in [2.24, 2.45) is 5.73 Å². The van der Waals surface area contributed by atoms with Crippen molar-refractivity contribution in [2.45, 2.75) is 26.5 Å². The number of hydrogen-bond acceptors (Lipinski definition) is 3. The van der Waals surface area contributed by atoms with E-state index in [4.69, 9.17) is 15.2 Å². The lowest BCUT2D eigenvalue weighted by Gasteiger charge is -2.14. The largest absolute Gasteiger partial charge is 0.493 e. The van der Waals surface area contributed by atoms with Crippen molar-refractivity contribution >= 4 is 0 Å². The molecule has 0 bridgehead atoms. The lowest BCUT2D eigenvalue weighted by Crippen LogP contribution is -2.06. The summed E-state index contributed by atoms with van der Waals surface area (Å²) in [6.07, 6.45) is 0. The highest BCUT2D eigenvalue weighted by Crippen LogP contribution is 2.30. The third kappa shape index (κ3) is 3.73. The quantitative estimate of drug-likeness (QED) is 0.912. The molecule has 0 aliphatic carbocycles. The predicted octanol–water partition coefficient (Wildman–Crippen LogP) is 3.74. The zero-order valence-corrected chi connectivity index (χ0v) is 12.5. The van der Waals surface area contributed by atoms with E-state index in [9.17, 15) is 4.39 Å². The summed E-state index contributed by atoms with van der Waals surface area (Å²) in [5.74, 6) is 0.975. The number of benzene rings is 2. The Kier molecular flexibility index (Phi) is 4.81. The topological polar surface area (TPSA) is 44.5 Å². The maximum atomic E-state index is 13.3. The van der Waals surface area contributed by atoms with Gasteiger partial charge < -0.3 is 15.2 Å². The minimum absolute atomic E-state index is 0.0709. The van der Waals surface area contributed by atoms with Crippen LogP contribution >= 0.6 is 0 Å². The van der Waals surface area contributed by atoms with E-state index in [1.165, 1.54) is 12.1 Å². The minimum atomic E-state index is -0.265. The highest BCUT2D eigenvalue weighted by atomic mass is 19.1. The number of halogens is 1. The van der Waals surface area contributed by atoms with Gasteiger partial charge in [-0.25, -0.2) is 4.39 Å². The van der Waals surface area contributed by atoms with Gasteiger partial charge in [0.1, 0.15) is 12.4 Å². The van der Waals surface area contributed by atoms with Crippen LogP contribution in [0.15, 0.2) is 36.4 Å². The van der Waals surface area contributed by atoms with Crippen molar-refractivity contribution in [1.29, 1.82) is 0 Å². The first-order valence-corrected chi connectivity index (χ1v) is 6.82. The van der Waals surface area contributed by atoms with Crippen molar-refractivity contribution in [1.82, 2.24) is 0 Å². The van der Waals surface area contributed by atoms with Gasteiger partial charge in [-0.1, -0.05) is 12.1 Å². The number of aryl methyl sites for hydroxylation is 1. The molecule has 0 aliphatic heterocycles. The molecule has 2 aromatic carbocycles. The first-order valence-electron chi connectivity index (χ1n) is 6.82. The van der Waals surface area contributed by atoms with Crippen molar-refractivity contribution in [3.05, 3.63) is 58.9 Å². The van der Waals surface area contributed by atoms with E-state index in [0.717, 1.165) is 16.7 Å². The van der Waals surface area contributed by atoms with E-state index in [-0.39, 0.29) is 18.5 Å². The van der Waals surface area contributed by atoms with Crippen LogP contribution in [0, 0.1) is 12.7 Å². The van der Waals surface area contributed by atoms with Crippen molar-refractivity contribution in [2.75, 3.05) is 7.11 Å². The van der Waals surface area contributed by atoms with Crippen LogP contribution in [-0.2, 0) is 6.61 Å². The van der Waals surface area contributed by atoms with Crippen LogP contribution in [0.1, 0.15) is 29.7 Å². The molecule has 0 saturated heterocycles. The number of nitrogens with two attached hydrogens (primary N) is 1. The maximum absolute atomic E-state index is 13.3. The normalized spacial score (nSPS) is 12.0. The van der Waals surface area contributed by atoms with E-state index >= 15 is 0 Å². The summed E-state index contributed by atoms with van der Waals surface area (Å²) < 4.78 is 24.3. The Morgan fingerprint density at radius 1 is 1.14 bits per heavy atom. The summed E-state index contributed by atoms with van der Waals surface area (Å²) in [6.45, 7) is 4.12. The molecule has 0 aromatic heterocycles. The zero-order chi connectivity index (χ0) is 15.4. The summed E-state index contributed by atoms with van der Waals surface area (Å²) in [5, 5.41) is 0. The highest BCUT2D eigenvalue weighted by molar-refractivity contribution is 5.44. The van der Waals surface area contributed by atoms with Crippen molar-refractivity contribution < 1.29 is 13.9 Å². The molecule has 3 nitrogen and oxygen atoms in total. The Labute approximate surface area is 124 Å². The fourth-order valence-corrected chi connectivity index (χ4v) is 2.04. The third-order valence-corrected chi connectivity index (χ3v) is 3.41. The van der Waals surface area contributed by atoms with Gasteiger partial charge in [-0.05, 0) is 54.8 Å². The maximum Gasteiger partial charge on any atom is 0.161 e. The van der Waals surface area contributed by atoms with Gasteiger partial charge >= 0.3 is 0 Å². The Bertz CT molecular complexity index is 626. The Balaban J connectivity index is 2.18. The third-order valence-electron chi connectivity index (χ3n) is 3.41. The molecule has 0 fully saturated rings. The van der Waals surface area contributed by atoms with Gasteiger partial charge in [-0.3, -0.25) is 0 Å². The van der Waals surface area contributed by atoms with Crippen molar-refractivity contribution in [3.63, 3.8) is 0 Å². The molecule has 1 unspecified atom stereocenters. The van der Waals surface area contributed by atoms with Crippen LogP contribution in [0.3, 0.4) is 0 Å². The van der Waals surface area contributed by atoms with Gasteiger partial charge in [-0.15, -0.1) is 0 Å².